The number of aromatic nitrogens is 1. The fourth-order valence-corrected chi connectivity index (χ4v) is 3.32. The minimum atomic E-state index is -0.310. The summed E-state index contributed by atoms with van der Waals surface area (Å²) in [5.41, 5.74) is 1.68. The number of nitrogens with zero attached hydrogens (tertiary/aromatic N) is 3. The predicted octanol–water partition coefficient (Wildman–Crippen LogP) is 2.72. The summed E-state index contributed by atoms with van der Waals surface area (Å²) in [6, 6.07) is 13.8. The molecule has 1 atom stereocenters. The highest BCUT2D eigenvalue weighted by Crippen LogP contribution is 2.24. The number of aliphatic imine (C=N–C) groups is 1. The monoisotopic (exact) mass is 355 g/mol. The molecule has 3 rings (SSSR count). The number of hydrogen-bond acceptors (Lipinski definition) is 3. The van der Waals surface area contributed by atoms with Crippen molar-refractivity contribution in [3.05, 3.63) is 65.7 Å². The normalized spacial score (nSPS) is 16.5. The third-order valence-corrected chi connectivity index (χ3v) is 4.71. The van der Waals surface area contributed by atoms with Crippen LogP contribution in [0.15, 0.2) is 53.7 Å². The molecule has 0 bridgehead atoms. The highest BCUT2D eigenvalue weighted by molar-refractivity contribution is 5.79. The van der Waals surface area contributed by atoms with Crippen LogP contribution in [0.1, 0.15) is 30.1 Å². The number of pyridine rings is 1. The van der Waals surface area contributed by atoms with Crippen molar-refractivity contribution in [2.24, 2.45) is 4.99 Å². The number of hydrogen-bond donors (Lipinski definition) is 2. The second-order valence-corrected chi connectivity index (χ2v) is 6.41. The number of nitrogens with one attached hydrogen (secondary N) is 2. The Morgan fingerprint density at radius 2 is 1.92 bits per heavy atom. The average molecular weight is 355 g/mol. The topological polar surface area (TPSA) is 52.6 Å². The molecule has 0 saturated carbocycles. The maximum atomic E-state index is 13.7. The first kappa shape index (κ1) is 18.3. The van der Waals surface area contributed by atoms with Crippen molar-refractivity contribution in [2.45, 2.75) is 25.4 Å². The van der Waals surface area contributed by atoms with Gasteiger partial charge in [0.2, 0.25) is 0 Å². The molecule has 2 aromatic rings. The lowest BCUT2D eigenvalue weighted by molar-refractivity contribution is 0.245. The third-order valence-electron chi connectivity index (χ3n) is 4.71. The van der Waals surface area contributed by atoms with E-state index in [0.717, 1.165) is 19.6 Å². The molecule has 5 nitrogen and oxygen atoms in total. The Labute approximate surface area is 154 Å². The minimum absolute atomic E-state index is 0.295. The molecular weight excluding hydrogens is 329 g/mol. The molecule has 0 spiro atoms. The van der Waals surface area contributed by atoms with E-state index in [2.05, 4.69) is 49.8 Å². The summed E-state index contributed by atoms with van der Waals surface area (Å²) in [4.78, 5) is 10.8. The summed E-state index contributed by atoms with van der Waals surface area (Å²) in [5, 5.41) is 6.52. The molecule has 1 aliphatic rings. The van der Waals surface area contributed by atoms with Crippen LogP contribution in [-0.2, 0) is 6.54 Å². The van der Waals surface area contributed by atoms with Crippen LogP contribution >= 0.6 is 0 Å². The maximum absolute atomic E-state index is 13.7. The number of likely N-dealkylation sites (tertiary alicyclic amines) is 1. The molecule has 0 radical (unpaired) electrons. The summed E-state index contributed by atoms with van der Waals surface area (Å²) >= 11 is 0. The van der Waals surface area contributed by atoms with E-state index in [4.69, 9.17) is 0 Å². The van der Waals surface area contributed by atoms with E-state index in [1.165, 1.54) is 24.5 Å². The number of halogens is 1. The Balaban J connectivity index is 1.60. The first-order valence-electron chi connectivity index (χ1n) is 9.11. The minimum Gasteiger partial charge on any atom is -0.354 e. The number of rotatable bonds is 6. The Bertz CT molecular complexity index is 713. The summed E-state index contributed by atoms with van der Waals surface area (Å²) in [5.74, 6) is 0.338. The molecule has 2 heterocycles. The zero-order valence-corrected chi connectivity index (χ0v) is 15.2. The van der Waals surface area contributed by atoms with Crippen molar-refractivity contribution in [2.75, 3.05) is 26.7 Å². The van der Waals surface area contributed by atoms with Gasteiger partial charge in [-0.1, -0.05) is 30.3 Å². The Morgan fingerprint density at radius 1 is 1.15 bits per heavy atom. The van der Waals surface area contributed by atoms with E-state index in [1.807, 2.05) is 6.07 Å². The van der Waals surface area contributed by atoms with E-state index < -0.39 is 0 Å². The van der Waals surface area contributed by atoms with Gasteiger partial charge in [0.05, 0.1) is 18.3 Å². The fourth-order valence-electron chi connectivity index (χ4n) is 3.32. The summed E-state index contributed by atoms with van der Waals surface area (Å²) in [7, 11) is 1.72. The lowest BCUT2D eigenvalue weighted by Crippen LogP contribution is -2.42. The molecule has 6 heteroatoms. The molecule has 0 amide bonds. The van der Waals surface area contributed by atoms with Gasteiger partial charge >= 0.3 is 0 Å². The molecule has 1 saturated heterocycles. The molecule has 1 unspecified atom stereocenters. The zero-order chi connectivity index (χ0) is 18.2. The standard InChI is InChI=1S/C20H26FN5/c1-22-20(24-14-18-17(21)10-7-11-23-18)25-15-19(26-12-5-6-13-26)16-8-3-2-4-9-16/h2-4,7-11,19H,5-6,12-15H2,1H3,(H2,22,24,25). The van der Waals surface area contributed by atoms with Crippen LogP contribution in [0.3, 0.4) is 0 Å². The van der Waals surface area contributed by atoms with Crippen molar-refractivity contribution in [1.29, 1.82) is 0 Å². The van der Waals surface area contributed by atoms with Gasteiger partial charge in [-0.15, -0.1) is 0 Å². The summed E-state index contributed by atoms with van der Waals surface area (Å²) < 4.78 is 13.7. The molecule has 138 valence electrons. The lowest BCUT2D eigenvalue weighted by atomic mass is 10.1. The van der Waals surface area contributed by atoms with E-state index >= 15 is 0 Å². The smallest absolute Gasteiger partial charge is 0.191 e. The van der Waals surface area contributed by atoms with Crippen molar-refractivity contribution in [1.82, 2.24) is 20.5 Å². The molecule has 0 aliphatic carbocycles. The maximum Gasteiger partial charge on any atom is 0.191 e. The molecule has 1 fully saturated rings. The van der Waals surface area contributed by atoms with Crippen LogP contribution in [0.4, 0.5) is 4.39 Å². The van der Waals surface area contributed by atoms with E-state index in [9.17, 15) is 4.39 Å². The van der Waals surface area contributed by atoms with Gasteiger partial charge in [0.1, 0.15) is 5.82 Å². The van der Waals surface area contributed by atoms with Gasteiger partial charge in [-0.05, 0) is 43.6 Å². The van der Waals surface area contributed by atoms with Crippen molar-refractivity contribution in [3.8, 4) is 0 Å². The molecule has 1 aromatic heterocycles. The van der Waals surface area contributed by atoms with Crippen molar-refractivity contribution < 1.29 is 4.39 Å². The van der Waals surface area contributed by atoms with Crippen LogP contribution in [0.25, 0.3) is 0 Å². The van der Waals surface area contributed by atoms with Crippen LogP contribution in [0, 0.1) is 5.82 Å². The van der Waals surface area contributed by atoms with Crippen molar-refractivity contribution in [3.63, 3.8) is 0 Å². The molecule has 26 heavy (non-hydrogen) atoms. The van der Waals surface area contributed by atoms with Crippen LogP contribution in [-0.4, -0.2) is 42.5 Å². The van der Waals surface area contributed by atoms with E-state index in [0.29, 0.717) is 24.2 Å². The second-order valence-electron chi connectivity index (χ2n) is 6.41. The number of benzene rings is 1. The van der Waals surface area contributed by atoms with Crippen LogP contribution in [0.2, 0.25) is 0 Å². The Kier molecular flexibility index (Phi) is 6.55. The largest absolute Gasteiger partial charge is 0.354 e. The van der Waals surface area contributed by atoms with Gasteiger partial charge < -0.3 is 10.6 Å². The van der Waals surface area contributed by atoms with E-state index in [1.54, 1.807) is 19.3 Å². The molecule has 1 aromatic carbocycles. The Morgan fingerprint density at radius 3 is 2.62 bits per heavy atom. The zero-order valence-electron chi connectivity index (χ0n) is 15.2. The quantitative estimate of drug-likeness (QED) is 0.618. The summed E-state index contributed by atoms with van der Waals surface area (Å²) in [6.45, 7) is 3.28. The highest BCUT2D eigenvalue weighted by Gasteiger charge is 2.23. The molecule has 2 N–H and O–H groups in total. The van der Waals surface area contributed by atoms with Gasteiger partial charge in [-0.2, -0.15) is 0 Å². The predicted molar refractivity (Wildman–Crippen MR) is 102 cm³/mol. The second kappa shape index (κ2) is 9.29. The SMILES string of the molecule is CN=C(NCc1ncccc1F)NCC(c1ccccc1)N1CCCC1. The highest BCUT2D eigenvalue weighted by atomic mass is 19.1. The van der Waals surface area contributed by atoms with Gasteiger partial charge in [-0.3, -0.25) is 14.9 Å². The lowest BCUT2D eigenvalue weighted by Gasteiger charge is -2.29. The first-order valence-corrected chi connectivity index (χ1v) is 9.11. The summed E-state index contributed by atoms with van der Waals surface area (Å²) in [6.07, 6.45) is 4.08. The van der Waals surface area contributed by atoms with Crippen molar-refractivity contribution >= 4 is 5.96 Å². The number of guanidine groups is 1. The average Bonchev–Trinajstić information content (AvgIpc) is 3.21. The van der Waals surface area contributed by atoms with Crippen LogP contribution in [0.5, 0.6) is 0 Å². The third kappa shape index (κ3) is 4.79. The molecular formula is C20H26FN5. The Hall–Kier alpha value is -2.47. The van der Waals surface area contributed by atoms with E-state index in [-0.39, 0.29) is 5.82 Å². The van der Waals surface area contributed by atoms with Gasteiger partial charge in [0.25, 0.3) is 0 Å². The van der Waals surface area contributed by atoms with Gasteiger partial charge in [-0.25, -0.2) is 4.39 Å². The van der Waals surface area contributed by atoms with Gasteiger partial charge in [0.15, 0.2) is 5.96 Å². The van der Waals surface area contributed by atoms with Gasteiger partial charge in [0, 0.05) is 19.8 Å². The first-order chi connectivity index (χ1) is 12.8. The van der Waals surface area contributed by atoms with Crippen LogP contribution < -0.4 is 10.6 Å². The fraction of sp³-hybridized carbons (Fsp3) is 0.400. The molecule has 1 aliphatic heterocycles.